The first kappa shape index (κ1) is 22.3. The first-order valence-corrected chi connectivity index (χ1v) is 11.1. The van der Waals surface area contributed by atoms with Crippen LogP contribution in [0.1, 0.15) is 50.4 Å². The van der Waals surface area contributed by atoms with Gasteiger partial charge in [-0.2, -0.15) is 0 Å². The Morgan fingerprint density at radius 2 is 1.88 bits per heavy atom. The largest absolute Gasteiger partial charge is 0.444 e. The lowest BCUT2D eigenvalue weighted by molar-refractivity contribution is -0.0420. The zero-order valence-corrected chi connectivity index (χ0v) is 19.1. The fourth-order valence-electron chi connectivity index (χ4n) is 4.17. The Hall–Kier alpha value is -2.87. The number of likely N-dealkylation sites (tertiary alicyclic amines) is 1. The van der Waals surface area contributed by atoms with E-state index in [4.69, 9.17) is 13.9 Å². The lowest BCUT2D eigenvalue weighted by atomic mass is 9.98. The third-order valence-corrected chi connectivity index (χ3v) is 5.86. The van der Waals surface area contributed by atoms with Crippen LogP contribution in [-0.4, -0.2) is 70.8 Å². The number of ether oxygens (including phenoxy) is 2. The number of aromatic nitrogens is 1. The van der Waals surface area contributed by atoms with Crippen LogP contribution in [0, 0.1) is 0 Å². The minimum absolute atomic E-state index is 0.00520. The quantitative estimate of drug-likeness (QED) is 0.698. The molecule has 2 atom stereocenters. The number of hydrogen-bond donors (Lipinski definition) is 0. The number of piperidine rings is 1. The highest BCUT2D eigenvalue weighted by atomic mass is 16.6. The van der Waals surface area contributed by atoms with Crippen LogP contribution in [0.25, 0.3) is 11.3 Å². The van der Waals surface area contributed by atoms with E-state index >= 15 is 0 Å². The number of carbonyl (C=O) groups excluding carboxylic acids is 2. The third-order valence-electron chi connectivity index (χ3n) is 5.86. The average molecular weight is 442 g/mol. The predicted octanol–water partition coefficient (Wildman–Crippen LogP) is 3.97. The second-order valence-corrected chi connectivity index (χ2v) is 9.44. The summed E-state index contributed by atoms with van der Waals surface area (Å²) < 4.78 is 16.6. The summed E-state index contributed by atoms with van der Waals surface area (Å²) in [5.41, 5.74) is 0.951. The number of rotatable bonds is 5. The lowest BCUT2D eigenvalue weighted by Crippen LogP contribution is -2.58. The molecule has 1 saturated carbocycles. The van der Waals surface area contributed by atoms with Crippen molar-refractivity contribution in [2.24, 2.45) is 0 Å². The Kier molecular flexibility index (Phi) is 6.24. The maximum absolute atomic E-state index is 13.5. The first-order chi connectivity index (χ1) is 15.3. The van der Waals surface area contributed by atoms with Gasteiger partial charge >= 0.3 is 6.09 Å². The summed E-state index contributed by atoms with van der Waals surface area (Å²) in [6.45, 7) is 6.49. The smallest absolute Gasteiger partial charge is 0.410 e. The summed E-state index contributed by atoms with van der Waals surface area (Å²) in [5, 5.41) is 0. The van der Waals surface area contributed by atoms with Crippen LogP contribution in [0.4, 0.5) is 4.79 Å². The zero-order valence-electron chi connectivity index (χ0n) is 19.1. The molecule has 1 aromatic heterocycles. The average Bonchev–Trinajstić information content (AvgIpc) is 3.44. The molecule has 0 spiro atoms. The van der Waals surface area contributed by atoms with E-state index in [0.29, 0.717) is 30.8 Å². The van der Waals surface area contributed by atoms with Gasteiger partial charge in [0, 0.05) is 30.8 Å². The van der Waals surface area contributed by atoms with Crippen molar-refractivity contribution in [3.63, 3.8) is 0 Å². The summed E-state index contributed by atoms with van der Waals surface area (Å²) in [6.07, 6.45) is 5.05. The maximum atomic E-state index is 13.5. The number of oxazole rings is 1. The van der Waals surface area contributed by atoms with Crippen LogP contribution in [0.5, 0.6) is 0 Å². The number of hydrogen-bond acceptors (Lipinski definition) is 6. The van der Waals surface area contributed by atoms with Gasteiger partial charge in [-0.25, -0.2) is 9.78 Å². The highest BCUT2D eigenvalue weighted by Gasteiger charge is 2.44. The Labute approximate surface area is 188 Å². The molecule has 1 aromatic carbocycles. The molecule has 1 aliphatic carbocycles. The SMILES string of the molecule is COC1CN(C(=O)OC(C)(C)C)CCC1N(C(=O)c1ccc(-c2cnco2)cc1)C1CC1. The van der Waals surface area contributed by atoms with Crippen molar-refractivity contribution in [2.45, 2.75) is 63.8 Å². The molecule has 0 bridgehead atoms. The van der Waals surface area contributed by atoms with Crippen LogP contribution in [0.3, 0.4) is 0 Å². The van der Waals surface area contributed by atoms with Gasteiger partial charge in [0.25, 0.3) is 5.91 Å². The summed E-state index contributed by atoms with van der Waals surface area (Å²) >= 11 is 0. The molecule has 2 unspecified atom stereocenters. The topological polar surface area (TPSA) is 85.1 Å². The highest BCUT2D eigenvalue weighted by molar-refractivity contribution is 5.95. The molecule has 1 aliphatic heterocycles. The minimum atomic E-state index is -0.551. The standard InChI is InChI=1S/C24H31N3O5/c1-24(2,3)32-23(29)26-12-11-19(21(14-26)30-4)27(18-9-10-18)22(28)17-7-5-16(6-8-17)20-13-25-15-31-20/h5-8,13,15,18-19,21H,9-12,14H2,1-4H3. The van der Waals surface area contributed by atoms with Gasteiger partial charge in [-0.15, -0.1) is 0 Å². The Morgan fingerprint density at radius 3 is 2.44 bits per heavy atom. The Bertz CT molecular complexity index is 932. The molecule has 32 heavy (non-hydrogen) atoms. The van der Waals surface area contributed by atoms with Crippen molar-refractivity contribution >= 4 is 12.0 Å². The number of carbonyl (C=O) groups is 2. The molecule has 8 nitrogen and oxygen atoms in total. The molecular weight excluding hydrogens is 410 g/mol. The number of nitrogens with zero attached hydrogens (tertiary/aromatic N) is 3. The fraction of sp³-hybridized carbons (Fsp3) is 0.542. The van der Waals surface area contributed by atoms with E-state index in [-0.39, 0.29) is 30.2 Å². The molecule has 2 heterocycles. The lowest BCUT2D eigenvalue weighted by Gasteiger charge is -2.43. The minimum Gasteiger partial charge on any atom is -0.444 e. The molecule has 2 fully saturated rings. The second kappa shape index (κ2) is 8.94. The van der Waals surface area contributed by atoms with Gasteiger partial charge in [-0.1, -0.05) is 12.1 Å². The van der Waals surface area contributed by atoms with Gasteiger partial charge in [0.05, 0.1) is 24.9 Å². The third kappa shape index (κ3) is 4.96. The normalized spacial score (nSPS) is 21.3. The molecule has 2 aromatic rings. The van der Waals surface area contributed by atoms with Gasteiger partial charge in [0.15, 0.2) is 12.2 Å². The fourth-order valence-corrected chi connectivity index (χ4v) is 4.17. The van der Waals surface area contributed by atoms with Crippen molar-refractivity contribution < 1.29 is 23.5 Å². The molecule has 0 N–H and O–H groups in total. The summed E-state index contributed by atoms with van der Waals surface area (Å²) in [5.74, 6) is 0.659. The van der Waals surface area contributed by atoms with E-state index < -0.39 is 5.60 Å². The number of benzene rings is 1. The van der Waals surface area contributed by atoms with Gasteiger partial charge in [-0.3, -0.25) is 4.79 Å². The van der Waals surface area contributed by atoms with Crippen molar-refractivity contribution in [1.82, 2.24) is 14.8 Å². The van der Waals surface area contributed by atoms with Crippen LogP contribution in [0.2, 0.25) is 0 Å². The Morgan fingerprint density at radius 1 is 1.16 bits per heavy atom. The van der Waals surface area contributed by atoms with Gasteiger partial charge in [0.2, 0.25) is 0 Å². The van der Waals surface area contributed by atoms with Crippen molar-refractivity contribution in [3.8, 4) is 11.3 Å². The van der Waals surface area contributed by atoms with Crippen molar-refractivity contribution in [3.05, 3.63) is 42.4 Å². The van der Waals surface area contributed by atoms with Crippen molar-refractivity contribution in [1.29, 1.82) is 0 Å². The predicted molar refractivity (Wildman–Crippen MR) is 118 cm³/mol. The number of amides is 2. The summed E-state index contributed by atoms with van der Waals surface area (Å²) in [4.78, 5) is 33.6. The molecule has 0 radical (unpaired) electrons. The van der Waals surface area contributed by atoms with E-state index in [1.165, 1.54) is 6.39 Å². The molecule has 8 heteroatoms. The van der Waals surface area contributed by atoms with E-state index in [2.05, 4.69) is 4.98 Å². The molecular formula is C24H31N3O5. The molecule has 172 valence electrons. The van der Waals surface area contributed by atoms with Gasteiger partial charge in [0.1, 0.15) is 5.60 Å². The van der Waals surface area contributed by atoms with Gasteiger partial charge < -0.3 is 23.7 Å². The van der Waals surface area contributed by atoms with Crippen LogP contribution >= 0.6 is 0 Å². The van der Waals surface area contributed by atoms with Crippen LogP contribution in [0.15, 0.2) is 41.3 Å². The Balaban J connectivity index is 1.49. The van der Waals surface area contributed by atoms with E-state index in [0.717, 1.165) is 18.4 Å². The summed E-state index contributed by atoms with van der Waals surface area (Å²) in [7, 11) is 1.64. The van der Waals surface area contributed by atoms with E-state index in [1.54, 1.807) is 18.2 Å². The molecule has 2 aliphatic rings. The van der Waals surface area contributed by atoms with Crippen molar-refractivity contribution in [2.75, 3.05) is 20.2 Å². The first-order valence-electron chi connectivity index (χ1n) is 11.1. The summed E-state index contributed by atoms with van der Waals surface area (Å²) in [6, 6.07) is 7.52. The molecule has 4 rings (SSSR count). The second-order valence-electron chi connectivity index (χ2n) is 9.44. The highest BCUT2D eigenvalue weighted by Crippen LogP contribution is 2.34. The zero-order chi connectivity index (χ0) is 22.9. The van der Waals surface area contributed by atoms with Crippen LogP contribution < -0.4 is 0 Å². The van der Waals surface area contributed by atoms with Gasteiger partial charge in [-0.05, 0) is 52.2 Å². The van der Waals surface area contributed by atoms with E-state index in [9.17, 15) is 9.59 Å². The number of methoxy groups -OCH3 is 1. The molecule has 2 amide bonds. The molecule has 1 saturated heterocycles. The maximum Gasteiger partial charge on any atom is 0.410 e. The monoisotopic (exact) mass is 441 g/mol. The van der Waals surface area contributed by atoms with E-state index in [1.807, 2.05) is 49.9 Å². The van der Waals surface area contributed by atoms with Crippen LogP contribution in [-0.2, 0) is 9.47 Å².